The summed E-state index contributed by atoms with van der Waals surface area (Å²) in [6.45, 7) is 35.6. The molecule has 0 aromatic carbocycles. The molecule has 0 unspecified atom stereocenters. The zero-order valence-electron chi connectivity index (χ0n) is 38.3. The monoisotopic (exact) mass is 945 g/mol. The van der Waals surface area contributed by atoms with E-state index < -0.39 is 0 Å². The van der Waals surface area contributed by atoms with Gasteiger partial charge in [-0.15, -0.1) is 5.11 Å². The number of dihydropyridines is 1. The van der Waals surface area contributed by atoms with Gasteiger partial charge in [0, 0.05) is 84.9 Å². The minimum Gasteiger partial charge on any atom is -0.362 e. The maximum atomic E-state index is 3.81. The summed E-state index contributed by atoms with van der Waals surface area (Å²) in [5.74, 6) is 2.41. The highest BCUT2D eigenvalue weighted by Gasteiger charge is 1.89. The first kappa shape index (κ1) is 57.2. The topological polar surface area (TPSA) is 293 Å². The summed E-state index contributed by atoms with van der Waals surface area (Å²) in [5, 5.41) is 35.6. The summed E-state index contributed by atoms with van der Waals surface area (Å²) in [6.07, 6.45) is 44.2. The minimum atomic E-state index is 0.541. The van der Waals surface area contributed by atoms with E-state index in [2.05, 4.69) is 190 Å². The Hall–Kier alpha value is -10.8. The third kappa shape index (κ3) is 37.7. The van der Waals surface area contributed by atoms with E-state index in [9.17, 15) is 0 Å². The van der Waals surface area contributed by atoms with Crippen molar-refractivity contribution < 1.29 is 0 Å². The number of nitrogens with zero attached hydrogens (tertiary/aromatic N) is 14. The molecule has 0 radical (unpaired) electrons. The fourth-order valence-electron chi connectivity index (χ4n) is 3.32. The molecule has 0 fully saturated rings. The summed E-state index contributed by atoms with van der Waals surface area (Å²) in [6, 6.07) is 0. The Kier molecular flexibility index (Phi) is 32.5. The van der Waals surface area contributed by atoms with Crippen LogP contribution in [0.4, 0.5) is 0 Å². The summed E-state index contributed by atoms with van der Waals surface area (Å²) < 4.78 is 0. The second kappa shape index (κ2) is 39.8. The number of hydrogen-bond donors (Lipinski definition) is 10. The van der Waals surface area contributed by atoms with Crippen LogP contribution in [0.25, 0.3) is 0 Å². The first-order valence-electron chi connectivity index (χ1n) is 19.8. The number of aliphatic imine (C=N–C) groups is 8. The molecular weight excluding hydrogens is 889 g/mol. The molecule has 0 aromatic heterocycles. The molecule has 0 saturated heterocycles. The van der Waals surface area contributed by atoms with Crippen LogP contribution in [-0.4, -0.2) is 75.1 Å². The van der Waals surface area contributed by atoms with Crippen LogP contribution in [0.5, 0.6) is 0 Å². The van der Waals surface area contributed by atoms with E-state index in [1.54, 1.807) is 99.2 Å². The number of rotatable bonds is 0. The van der Waals surface area contributed by atoms with Crippen molar-refractivity contribution in [2.75, 3.05) is 0 Å². The van der Waals surface area contributed by atoms with Gasteiger partial charge < -0.3 is 26.6 Å². The van der Waals surface area contributed by atoms with Crippen molar-refractivity contribution in [1.82, 2.24) is 53.7 Å². The van der Waals surface area contributed by atoms with Crippen molar-refractivity contribution in [3.05, 3.63) is 209 Å². The molecular formula is C46H56N24. The number of hydrogen-bond acceptors (Lipinski definition) is 24. The lowest BCUT2D eigenvalue weighted by Gasteiger charge is -1.99. The van der Waals surface area contributed by atoms with Crippen LogP contribution in [-0.2, 0) is 0 Å². The van der Waals surface area contributed by atoms with Gasteiger partial charge in [0.05, 0.1) is 55.3 Å². The second-order valence-electron chi connectivity index (χ2n) is 12.1. The molecule has 10 N–H and O–H groups in total. The Morgan fingerprint density at radius 3 is 1.21 bits per heavy atom. The summed E-state index contributed by atoms with van der Waals surface area (Å²) >= 11 is 0. The van der Waals surface area contributed by atoms with Gasteiger partial charge in [-0.1, -0.05) is 77.1 Å². The van der Waals surface area contributed by atoms with Gasteiger partial charge in [-0.05, 0) is 42.5 Å². The Morgan fingerprint density at radius 1 is 0.357 bits per heavy atom. The molecule has 0 spiro atoms. The molecule has 70 heavy (non-hydrogen) atoms. The zero-order chi connectivity index (χ0) is 51.1. The standard InChI is InChI=1S/C6H7N.4C5H6N2.5C4H5N3/c1-6-4-2-3-5-7-6;1-5-4-6-2-3-7-5;1-5-2-3-6-4-7-5;1-5-6-3-2-4-7-5;1-5-3-2-4-6-7-5;1-4-6-2-5-3-7-4;1-4-2-5-3-6-7-4;2*1-4-5-2-3-6-7-4;1-4-2-3-5-7-6-4/h2-5,7H,1H2;2-4,7H,1H2;2-4H,1H2,(H,6,7);2-4,6H,1H2;2-4,7H,1H2;2-3H,1H2,(H,5,6,7);3*2-3,7H,1H2;2-3H,1H2,(H,5,6). The van der Waals surface area contributed by atoms with Gasteiger partial charge in [0.1, 0.15) is 29.6 Å². The predicted molar refractivity (Wildman–Crippen MR) is 293 cm³/mol. The summed E-state index contributed by atoms with van der Waals surface area (Å²) in [4.78, 5) is 29.9. The molecule has 10 rings (SSSR count). The molecule has 0 saturated carbocycles. The van der Waals surface area contributed by atoms with Crippen molar-refractivity contribution >= 4 is 75.1 Å². The van der Waals surface area contributed by atoms with E-state index in [4.69, 9.17) is 0 Å². The lowest BCUT2D eigenvalue weighted by Crippen LogP contribution is -2.10. The van der Waals surface area contributed by atoms with Gasteiger partial charge in [-0.2, -0.15) is 20.4 Å². The second-order valence-corrected chi connectivity index (χ2v) is 12.1. The number of hydrazone groups is 4. The molecule has 24 nitrogen and oxygen atoms in total. The van der Waals surface area contributed by atoms with Crippen molar-refractivity contribution in [3.63, 3.8) is 0 Å². The number of allylic oxidation sites excluding steroid dienone is 10. The average molecular weight is 945 g/mol. The van der Waals surface area contributed by atoms with Gasteiger partial charge in [-0.25, -0.2) is 34.9 Å². The third-order valence-electron chi connectivity index (χ3n) is 6.31. The molecule has 0 aromatic rings. The molecule has 0 atom stereocenters. The van der Waals surface area contributed by atoms with E-state index in [1.807, 2.05) is 42.7 Å². The van der Waals surface area contributed by atoms with Gasteiger partial charge in [0.2, 0.25) is 0 Å². The van der Waals surface area contributed by atoms with Crippen LogP contribution in [0.2, 0.25) is 0 Å². The minimum absolute atomic E-state index is 0.541. The molecule has 10 heterocycles. The zero-order valence-corrected chi connectivity index (χ0v) is 38.3. The Labute approximate surface area is 407 Å². The third-order valence-corrected chi connectivity index (χ3v) is 6.31. The fraction of sp³-hybridized carbons (Fsp3) is 0. The lowest BCUT2D eigenvalue weighted by atomic mass is 10.3. The highest BCUT2D eigenvalue weighted by molar-refractivity contribution is 6.17. The van der Waals surface area contributed by atoms with Gasteiger partial charge in [0.15, 0.2) is 0 Å². The Morgan fingerprint density at radius 2 is 0.957 bits per heavy atom. The maximum Gasteiger partial charge on any atom is 0.148 e. The quantitative estimate of drug-likeness (QED) is 0.151. The van der Waals surface area contributed by atoms with Crippen LogP contribution in [0.1, 0.15) is 0 Å². The summed E-state index contributed by atoms with van der Waals surface area (Å²) in [7, 11) is 0. The smallest absolute Gasteiger partial charge is 0.148 e. The molecule has 24 heteroatoms. The van der Waals surface area contributed by atoms with E-state index in [0.717, 1.165) is 34.2 Å². The van der Waals surface area contributed by atoms with Gasteiger partial charge >= 0.3 is 0 Å². The highest BCUT2D eigenvalue weighted by Crippen LogP contribution is 1.95. The molecule has 10 aliphatic rings. The highest BCUT2D eigenvalue weighted by atomic mass is 15.4. The Bertz CT molecular complexity index is 1970. The van der Waals surface area contributed by atoms with Crippen LogP contribution >= 0.6 is 0 Å². The van der Waals surface area contributed by atoms with Crippen molar-refractivity contribution in [3.8, 4) is 0 Å². The van der Waals surface area contributed by atoms with E-state index in [1.165, 1.54) is 19.0 Å². The number of nitrogens with one attached hydrogen (secondary N) is 10. The normalized spacial score (nSPS) is 16.9. The van der Waals surface area contributed by atoms with Crippen LogP contribution in [0.3, 0.4) is 0 Å². The van der Waals surface area contributed by atoms with Gasteiger partial charge in [-0.3, -0.25) is 32.1 Å². The Balaban J connectivity index is 0.000000389. The van der Waals surface area contributed by atoms with E-state index in [0.29, 0.717) is 23.3 Å². The van der Waals surface area contributed by atoms with Crippen LogP contribution in [0, 0.1) is 0 Å². The molecule has 10 aliphatic heterocycles. The van der Waals surface area contributed by atoms with Crippen LogP contribution < -0.4 is 53.7 Å². The molecule has 0 amide bonds. The first-order chi connectivity index (χ1) is 33.9. The van der Waals surface area contributed by atoms with E-state index >= 15 is 0 Å². The fourth-order valence-corrected chi connectivity index (χ4v) is 3.32. The average Bonchev–Trinajstić information content (AvgIpc) is 3.38. The SMILES string of the molecule is C=C1C=CC=CN1.C=C1C=CC=NN1.C=C1C=CN=CN1.C=C1C=CN=NN1.C=C1C=NC=CN1.C=C1C=NC=NN1.C=C1N=CC=CN1.C=C1N=CC=NN1.C=C1N=CC=NN1.C=C1N=CNC=N1. The molecule has 360 valence electrons. The molecule has 0 aliphatic carbocycles. The van der Waals surface area contributed by atoms with Crippen molar-refractivity contribution in [2.45, 2.75) is 0 Å². The van der Waals surface area contributed by atoms with Crippen molar-refractivity contribution in [1.29, 1.82) is 0 Å². The molecule has 0 bridgehead atoms. The van der Waals surface area contributed by atoms with Crippen LogP contribution in [0.15, 0.2) is 280 Å². The van der Waals surface area contributed by atoms with E-state index in [-0.39, 0.29) is 0 Å². The van der Waals surface area contributed by atoms with Gasteiger partial charge in [0.25, 0.3) is 0 Å². The summed E-state index contributed by atoms with van der Waals surface area (Å²) in [5.41, 5.74) is 18.0. The lowest BCUT2D eigenvalue weighted by molar-refractivity contribution is 0.816. The maximum absolute atomic E-state index is 3.81. The predicted octanol–water partition coefficient (Wildman–Crippen LogP) is 5.21. The first-order valence-corrected chi connectivity index (χ1v) is 19.8. The van der Waals surface area contributed by atoms with Crippen molar-refractivity contribution in [2.24, 2.45) is 70.7 Å². The largest absolute Gasteiger partial charge is 0.362 e.